The van der Waals surface area contributed by atoms with Crippen molar-refractivity contribution in [2.24, 2.45) is 11.8 Å². The van der Waals surface area contributed by atoms with Crippen molar-refractivity contribution in [1.82, 2.24) is 19.8 Å². The molecule has 2 aliphatic carbocycles. The first-order valence-electron chi connectivity index (χ1n) is 12.1. The van der Waals surface area contributed by atoms with E-state index < -0.39 is 10.0 Å². The number of sulfonamides is 1. The van der Waals surface area contributed by atoms with Crippen molar-refractivity contribution in [2.45, 2.75) is 82.1 Å². The lowest BCUT2D eigenvalue weighted by molar-refractivity contribution is -0.127. The van der Waals surface area contributed by atoms with Crippen molar-refractivity contribution >= 4 is 27.3 Å². The molecule has 8 nitrogen and oxygen atoms in total. The number of hydrogen-bond donors (Lipinski definition) is 1. The molecule has 2 aromatic rings. The Kier molecular flexibility index (Phi) is 6.35. The third kappa shape index (κ3) is 4.88. The second-order valence-electron chi connectivity index (χ2n) is 9.93. The first-order valence-corrected chi connectivity index (χ1v) is 14.3. The fraction of sp³-hybridized carbons (Fsp3) is 0.696. The molecule has 33 heavy (non-hydrogen) atoms. The van der Waals surface area contributed by atoms with Crippen LogP contribution in [0.5, 0.6) is 0 Å². The monoisotopic (exact) mass is 492 g/mol. The lowest BCUT2D eigenvalue weighted by Gasteiger charge is -2.33. The zero-order valence-electron chi connectivity index (χ0n) is 19.2. The van der Waals surface area contributed by atoms with Crippen LogP contribution in [0.3, 0.4) is 0 Å². The molecule has 2 saturated carbocycles. The van der Waals surface area contributed by atoms with E-state index in [1.807, 2.05) is 0 Å². The summed E-state index contributed by atoms with van der Waals surface area (Å²) in [5, 5.41) is 7.24. The Morgan fingerprint density at radius 3 is 2.67 bits per heavy atom. The van der Waals surface area contributed by atoms with Gasteiger partial charge in [-0.3, -0.25) is 4.79 Å². The van der Waals surface area contributed by atoms with Gasteiger partial charge in [0.05, 0.1) is 15.7 Å². The fourth-order valence-electron chi connectivity index (χ4n) is 4.90. The molecule has 180 valence electrons. The highest BCUT2D eigenvalue weighted by molar-refractivity contribution is 7.89. The molecule has 0 radical (unpaired) electrons. The number of nitrogens with one attached hydrogen (secondary N) is 1. The Hall–Kier alpha value is -1.78. The van der Waals surface area contributed by atoms with Crippen molar-refractivity contribution in [3.05, 3.63) is 16.8 Å². The summed E-state index contributed by atoms with van der Waals surface area (Å²) in [5.74, 6) is 1.85. The summed E-state index contributed by atoms with van der Waals surface area (Å²) in [4.78, 5) is 19.0. The fourth-order valence-corrected chi connectivity index (χ4v) is 7.91. The largest absolute Gasteiger partial charge is 0.353 e. The number of carbonyl (C=O) groups is 1. The van der Waals surface area contributed by atoms with Crippen LogP contribution < -0.4 is 5.32 Å². The Balaban J connectivity index is 1.28. The molecule has 0 bridgehead atoms. The number of thiophene rings is 1. The van der Waals surface area contributed by atoms with Crippen LogP contribution in [0.2, 0.25) is 0 Å². The van der Waals surface area contributed by atoms with Crippen LogP contribution in [0.4, 0.5) is 0 Å². The Labute approximate surface area is 199 Å². The lowest BCUT2D eigenvalue weighted by Crippen LogP contribution is -2.48. The van der Waals surface area contributed by atoms with Gasteiger partial charge in [0.25, 0.3) is 0 Å². The van der Waals surface area contributed by atoms with Crippen molar-refractivity contribution in [3.8, 4) is 10.7 Å². The first-order chi connectivity index (χ1) is 15.8. The molecule has 1 aliphatic heterocycles. The van der Waals surface area contributed by atoms with E-state index in [1.165, 1.54) is 15.6 Å². The van der Waals surface area contributed by atoms with Crippen LogP contribution in [0, 0.1) is 18.8 Å². The van der Waals surface area contributed by atoms with E-state index in [-0.39, 0.29) is 29.3 Å². The van der Waals surface area contributed by atoms with Crippen LogP contribution >= 0.6 is 11.3 Å². The molecule has 0 spiro atoms. The molecule has 10 heteroatoms. The highest BCUT2D eigenvalue weighted by atomic mass is 32.2. The average Bonchev–Trinajstić information content (AvgIpc) is 3.39. The molecule has 1 saturated heterocycles. The predicted molar refractivity (Wildman–Crippen MR) is 125 cm³/mol. The van der Waals surface area contributed by atoms with Gasteiger partial charge in [0, 0.05) is 29.9 Å². The van der Waals surface area contributed by atoms with Crippen LogP contribution in [0.25, 0.3) is 10.7 Å². The third-order valence-electron chi connectivity index (χ3n) is 7.20. The average molecular weight is 493 g/mol. The van der Waals surface area contributed by atoms with Crippen molar-refractivity contribution in [1.29, 1.82) is 0 Å². The van der Waals surface area contributed by atoms with Gasteiger partial charge in [0.2, 0.25) is 27.6 Å². The van der Waals surface area contributed by atoms with Gasteiger partial charge in [0.15, 0.2) is 0 Å². The molecule has 5 rings (SSSR count). The second kappa shape index (κ2) is 9.11. The third-order valence-corrected chi connectivity index (χ3v) is 10.4. The number of nitrogens with zero attached hydrogens (tertiary/aromatic N) is 3. The first kappa shape index (κ1) is 23.0. The van der Waals surface area contributed by atoms with Gasteiger partial charge in [-0.05, 0) is 70.3 Å². The summed E-state index contributed by atoms with van der Waals surface area (Å²) in [5.41, 5.74) is 0. The SMILES string of the molecule is Cc1sc(-c2noc(C3CC3)n2)cc1S(=O)(=O)N1CCC[C@H](C(=O)NC2CCC(C)CC2)C1. The molecule has 3 fully saturated rings. The van der Waals surface area contributed by atoms with E-state index in [0.717, 1.165) is 50.9 Å². The zero-order chi connectivity index (χ0) is 23.2. The number of carbonyl (C=O) groups excluding carboxylic acids is 1. The van der Waals surface area contributed by atoms with Crippen LogP contribution in [0.1, 0.15) is 75.0 Å². The summed E-state index contributed by atoms with van der Waals surface area (Å²) >= 11 is 1.36. The topological polar surface area (TPSA) is 105 Å². The summed E-state index contributed by atoms with van der Waals surface area (Å²) in [7, 11) is -3.71. The quantitative estimate of drug-likeness (QED) is 0.651. The Bertz CT molecular complexity index is 1110. The molecular formula is C23H32N4O4S2. The minimum absolute atomic E-state index is 0.00316. The van der Waals surface area contributed by atoms with E-state index in [0.29, 0.717) is 40.4 Å². The van der Waals surface area contributed by atoms with E-state index >= 15 is 0 Å². The lowest BCUT2D eigenvalue weighted by atomic mass is 9.87. The van der Waals surface area contributed by atoms with Gasteiger partial charge in [-0.15, -0.1) is 11.3 Å². The van der Waals surface area contributed by atoms with E-state index in [4.69, 9.17) is 4.52 Å². The number of aromatic nitrogens is 2. The van der Waals surface area contributed by atoms with Gasteiger partial charge in [-0.1, -0.05) is 12.1 Å². The molecule has 3 heterocycles. The van der Waals surface area contributed by atoms with Crippen LogP contribution in [0.15, 0.2) is 15.5 Å². The molecular weight excluding hydrogens is 460 g/mol. The van der Waals surface area contributed by atoms with Gasteiger partial charge >= 0.3 is 0 Å². The van der Waals surface area contributed by atoms with Gasteiger partial charge in [-0.25, -0.2) is 8.42 Å². The Morgan fingerprint density at radius 2 is 1.94 bits per heavy atom. The molecule has 1 N–H and O–H groups in total. The summed E-state index contributed by atoms with van der Waals surface area (Å²) in [6.07, 6.45) is 7.83. The maximum atomic E-state index is 13.5. The van der Waals surface area contributed by atoms with Crippen LogP contribution in [-0.4, -0.2) is 47.9 Å². The summed E-state index contributed by atoms with van der Waals surface area (Å²) in [6, 6.07) is 1.88. The second-order valence-corrected chi connectivity index (χ2v) is 13.1. The summed E-state index contributed by atoms with van der Waals surface area (Å²) in [6.45, 7) is 4.73. The van der Waals surface area contributed by atoms with E-state index in [2.05, 4.69) is 22.4 Å². The van der Waals surface area contributed by atoms with Crippen LogP contribution in [-0.2, 0) is 14.8 Å². The molecule has 1 amide bonds. The van der Waals surface area contributed by atoms with E-state index in [9.17, 15) is 13.2 Å². The maximum absolute atomic E-state index is 13.5. The molecule has 0 unspecified atom stereocenters. The maximum Gasteiger partial charge on any atom is 0.244 e. The van der Waals surface area contributed by atoms with Gasteiger partial charge < -0.3 is 9.84 Å². The number of hydrogen-bond acceptors (Lipinski definition) is 7. The van der Waals surface area contributed by atoms with Crippen molar-refractivity contribution in [3.63, 3.8) is 0 Å². The predicted octanol–water partition coefficient (Wildman–Crippen LogP) is 4.08. The molecule has 0 aromatic carbocycles. The highest BCUT2D eigenvalue weighted by Gasteiger charge is 2.36. The minimum Gasteiger partial charge on any atom is -0.353 e. The summed E-state index contributed by atoms with van der Waals surface area (Å²) < 4.78 is 33.8. The number of amides is 1. The minimum atomic E-state index is -3.71. The number of aryl methyl sites for hydroxylation is 1. The van der Waals surface area contributed by atoms with Crippen molar-refractivity contribution < 1.29 is 17.7 Å². The molecule has 3 aliphatic rings. The highest BCUT2D eigenvalue weighted by Crippen LogP contribution is 2.41. The van der Waals surface area contributed by atoms with Gasteiger partial charge in [-0.2, -0.15) is 9.29 Å². The molecule has 2 aromatic heterocycles. The smallest absolute Gasteiger partial charge is 0.244 e. The normalized spacial score (nSPS) is 26.9. The number of piperidine rings is 1. The molecule has 1 atom stereocenters. The number of rotatable bonds is 6. The van der Waals surface area contributed by atoms with Gasteiger partial charge in [0.1, 0.15) is 0 Å². The standard InChI is InChI=1S/C23H32N4O4S2/c1-14-5-9-18(10-6-14)24-22(28)17-4-3-11-27(13-17)33(29,30)20-12-19(32-15(20)2)21-25-23(31-26-21)16-7-8-16/h12,14,16-18H,3-11,13H2,1-2H3,(H,24,28)/t14?,17-,18?/m0/s1. The van der Waals surface area contributed by atoms with Crippen molar-refractivity contribution in [2.75, 3.05) is 13.1 Å². The zero-order valence-corrected chi connectivity index (χ0v) is 20.9. The van der Waals surface area contributed by atoms with E-state index in [1.54, 1.807) is 13.0 Å². The Morgan fingerprint density at radius 1 is 1.18 bits per heavy atom.